The van der Waals surface area contributed by atoms with Gasteiger partial charge in [-0.2, -0.15) is 0 Å². The average Bonchev–Trinajstić information content (AvgIpc) is 3.50. The molecule has 4 nitrogen and oxygen atoms in total. The lowest BCUT2D eigenvalue weighted by atomic mass is 10.0. The van der Waals surface area contributed by atoms with E-state index in [4.69, 9.17) is 15.0 Å². The fourth-order valence-electron chi connectivity index (χ4n) is 6.60. The van der Waals surface area contributed by atoms with Crippen molar-refractivity contribution >= 4 is 32.6 Å². The van der Waals surface area contributed by atoms with Crippen LogP contribution in [-0.4, -0.2) is 19.5 Å². The van der Waals surface area contributed by atoms with Crippen LogP contribution in [0.5, 0.6) is 0 Å². The maximum atomic E-state index is 4.96. The molecule has 0 saturated heterocycles. The Morgan fingerprint density at radius 3 is 1.60 bits per heavy atom. The molecule has 4 heteroatoms. The fraction of sp³-hybridized carbons (Fsp3) is 0. The summed E-state index contributed by atoms with van der Waals surface area (Å²) < 4.78 is 2.41. The zero-order valence-corrected chi connectivity index (χ0v) is 25.5. The van der Waals surface area contributed by atoms with Crippen LogP contribution in [-0.2, 0) is 0 Å². The van der Waals surface area contributed by atoms with Gasteiger partial charge in [-0.25, -0.2) is 15.0 Å². The second-order valence-electron chi connectivity index (χ2n) is 11.7. The highest BCUT2D eigenvalue weighted by molar-refractivity contribution is 6.18. The summed E-state index contributed by atoms with van der Waals surface area (Å²) in [4.78, 5) is 14.8. The van der Waals surface area contributed by atoms with Crippen molar-refractivity contribution in [2.45, 2.75) is 0 Å². The largest absolute Gasteiger partial charge is 0.309 e. The van der Waals surface area contributed by atoms with Gasteiger partial charge >= 0.3 is 0 Å². The highest BCUT2D eigenvalue weighted by Gasteiger charge is 2.16. The van der Waals surface area contributed by atoms with Gasteiger partial charge < -0.3 is 4.57 Å². The number of para-hydroxylation sites is 1. The van der Waals surface area contributed by atoms with Crippen LogP contribution in [0.1, 0.15) is 0 Å². The quantitative estimate of drug-likeness (QED) is 0.197. The third-order valence-electron chi connectivity index (χ3n) is 8.82. The van der Waals surface area contributed by atoms with Gasteiger partial charge in [0.05, 0.1) is 11.0 Å². The number of fused-ring (bicyclic) bond motifs is 5. The molecule has 9 rings (SSSR count). The zero-order valence-electron chi connectivity index (χ0n) is 25.5. The van der Waals surface area contributed by atoms with Crippen LogP contribution in [0.4, 0.5) is 0 Å². The number of benzene rings is 7. The van der Waals surface area contributed by atoms with E-state index in [1.807, 2.05) is 60.7 Å². The lowest BCUT2D eigenvalue weighted by Gasteiger charge is -2.13. The number of nitrogens with zero attached hydrogens (tertiary/aromatic N) is 4. The maximum Gasteiger partial charge on any atom is 0.164 e. The first-order valence-corrected chi connectivity index (χ1v) is 15.8. The molecule has 47 heavy (non-hydrogen) atoms. The summed E-state index contributed by atoms with van der Waals surface area (Å²) in [7, 11) is 0. The van der Waals surface area contributed by atoms with E-state index in [0.29, 0.717) is 17.5 Å². The third-order valence-corrected chi connectivity index (χ3v) is 8.82. The molecular weight excluding hydrogens is 573 g/mol. The first-order chi connectivity index (χ1) is 23.3. The summed E-state index contributed by atoms with van der Waals surface area (Å²) in [5, 5.41) is 4.98. The minimum atomic E-state index is 0.643. The van der Waals surface area contributed by atoms with Gasteiger partial charge in [-0.1, -0.05) is 146 Å². The summed E-state index contributed by atoms with van der Waals surface area (Å²) >= 11 is 0. The molecule has 0 amide bonds. The molecule has 0 atom stereocenters. The molecule has 9 aromatic rings. The van der Waals surface area contributed by atoms with Gasteiger partial charge in [0.1, 0.15) is 0 Å². The summed E-state index contributed by atoms with van der Waals surface area (Å²) in [6, 6.07) is 59.3. The monoisotopic (exact) mass is 600 g/mol. The minimum Gasteiger partial charge on any atom is -0.309 e. The zero-order chi connectivity index (χ0) is 31.2. The molecule has 0 aliphatic heterocycles. The van der Waals surface area contributed by atoms with E-state index < -0.39 is 0 Å². The predicted octanol–water partition coefficient (Wildman–Crippen LogP) is 10.8. The maximum absolute atomic E-state index is 4.96. The standard InChI is InChI=1S/C43H28N4/c1-3-14-30(15-4-1)41-44-42(31-16-5-2-6-17-31)46-43(45-41)34-20-11-18-32(27-34)33-19-12-21-35(28-33)47-39-24-10-9-23-37(39)38-26-25-29-13-7-8-22-36(29)40(38)47/h1-28H. The second kappa shape index (κ2) is 11.2. The highest BCUT2D eigenvalue weighted by Crippen LogP contribution is 2.37. The summed E-state index contributed by atoms with van der Waals surface area (Å²) in [5.74, 6) is 1.95. The van der Waals surface area contributed by atoms with Gasteiger partial charge in [-0.15, -0.1) is 0 Å². The molecule has 0 bridgehead atoms. The number of hydrogen-bond acceptors (Lipinski definition) is 3. The molecule has 0 saturated carbocycles. The molecule has 220 valence electrons. The van der Waals surface area contributed by atoms with Crippen molar-refractivity contribution in [2.24, 2.45) is 0 Å². The second-order valence-corrected chi connectivity index (χ2v) is 11.7. The summed E-state index contributed by atoms with van der Waals surface area (Å²) in [6.07, 6.45) is 0. The van der Waals surface area contributed by atoms with Crippen LogP contribution < -0.4 is 0 Å². The molecule has 0 aliphatic carbocycles. The van der Waals surface area contributed by atoms with Crippen molar-refractivity contribution in [3.63, 3.8) is 0 Å². The molecule has 2 heterocycles. The van der Waals surface area contributed by atoms with Gasteiger partial charge in [0, 0.05) is 38.5 Å². The molecule has 0 fully saturated rings. The van der Waals surface area contributed by atoms with Gasteiger partial charge in [0.15, 0.2) is 17.5 Å². The molecule has 0 spiro atoms. The van der Waals surface area contributed by atoms with E-state index in [1.165, 1.54) is 32.6 Å². The molecule has 0 unspecified atom stereocenters. The number of hydrogen-bond donors (Lipinski definition) is 0. The Bertz CT molecular complexity index is 2510. The van der Waals surface area contributed by atoms with Crippen LogP contribution in [0.25, 0.3) is 83.6 Å². The van der Waals surface area contributed by atoms with E-state index in [2.05, 4.69) is 114 Å². The van der Waals surface area contributed by atoms with Crippen molar-refractivity contribution in [2.75, 3.05) is 0 Å². The number of rotatable bonds is 5. The van der Waals surface area contributed by atoms with E-state index in [0.717, 1.165) is 33.5 Å². The van der Waals surface area contributed by atoms with Crippen molar-refractivity contribution in [3.05, 3.63) is 170 Å². The van der Waals surface area contributed by atoms with Gasteiger partial charge in [-0.05, 0) is 40.8 Å². The molecule has 7 aromatic carbocycles. The van der Waals surface area contributed by atoms with Gasteiger partial charge in [0.2, 0.25) is 0 Å². The Morgan fingerprint density at radius 1 is 0.340 bits per heavy atom. The van der Waals surface area contributed by atoms with Crippen LogP contribution in [0, 0.1) is 0 Å². The van der Waals surface area contributed by atoms with Crippen LogP contribution in [0.2, 0.25) is 0 Å². The molecule has 2 aromatic heterocycles. The Morgan fingerprint density at radius 2 is 0.872 bits per heavy atom. The highest BCUT2D eigenvalue weighted by atomic mass is 15.0. The van der Waals surface area contributed by atoms with Gasteiger partial charge in [0.25, 0.3) is 0 Å². The smallest absolute Gasteiger partial charge is 0.164 e. The third kappa shape index (κ3) is 4.75. The van der Waals surface area contributed by atoms with E-state index in [1.54, 1.807) is 0 Å². The average molecular weight is 601 g/mol. The summed E-state index contributed by atoms with van der Waals surface area (Å²) in [6.45, 7) is 0. The van der Waals surface area contributed by atoms with Crippen LogP contribution >= 0.6 is 0 Å². The first kappa shape index (κ1) is 27.0. The predicted molar refractivity (Wildman–Crippen MR) is 193 cm³/mol. The normalized spacial score (nSPS) is 11.4. The SMILES string of the molecule is c1ccc(-c2nc(-c3ccccc3)nc(-c3cccc(-c4cccc(-n5c6ccccc6c6ccc7ccccc7c65)c4)c3)n2)cc1. The first-order valence-electron chi connectivity index (χ1n) is 15.8. The van der Waals surface area contributed by atoms with Crippen LogP contribution in [0.15, 0.2) is 170 Å². The molecule has 0 radical (unpaired) electrons. The molecule has 0 N–H and O–H groups in total. The Kier molecular flexibility index (Phi) is 6.43. The van der Waals surface area contributed by atoms with Crippen LogP contribution in [0.3, 0.4) is 0 Å². The van der Waals surface area contributed by atoms with E-state index in [-0.39, 0.29) is 0 Å². The lowest BCUT2D eigenvalue weighted by molar-refractivity contribution is 1.07. The van der Waals surface area contributed by atoms with Gasteiger partial charge in [-0.3, -0.25) is 0 Å². The minimum absolute atomic E-state index is 0.643. The lowest BCUT2D eigenvalue weighted by Crippen LogP contribution is -2.00. The topological polar surface area (TPSA) is 43.6 Å². The van der Waals surface area contributed by atoms with Crippen molar-refractivity contribution in [1.29, 1.82) is 0 Å². The Balaban J connectivity index is 1.19. The van der Waals surface area contributed by atoms with Crippen molar-refractivity contribution in [1.82, 2.24) is 19.5 Å². The summed E-state index contributed by atoms with van der Waals surface area (Å²) in [5.41, 5.74) is 8.60. The van der Waals surface area contributed by atoms with E-state index >= 15 is 0 Å². The fourth-order valence-corrected chi connectivity index (χ4v) is 6.60. The Hall–Kier alpha value is -6.39. The Labute approximate surface area is 272 Å². The molecule has 0 aliphatic rings. The molecular formula is C43H28N4. The van der Waals surface area contributed by atoms with E-state index in [9.17, 15) is 0 Å². The number of aromatic nitrogens is 4. The van der Waals surface area contributed by atoms with Crippen molar-refractivity contribution in [3.8, 4) is 51.0 Å². The van der Waals surface area contributed by atoms with Crippen molar-refractivity contribution < 1.29 is 0 Å².